The SMILES string of the molecule is N#Cc1cccc(-c2ccc(-c3nc(-c4ccccc4)nc(-c4ccc5c(n4)oc4cccc(-c6ccc(-c7ccccc7)cc6)c45)n3)cc2)c1. The minimum absolute atomic E-state index is 0.448. The standard InChI is InChI=1S/C45H27N5O/c46-28-29-9-7-14-36(27-29)32-19-23-35(24-20-32)43-48-42(34-12-5-2-6-13-34)49-44(50-43)39-26-25-38-41-37(15-8-16-40(41)51-45(38)47-39)33-21-17-31(18-22-33)30-10-3-1-4-11-30/h1-27H. The van der Waals surface area contributed by atoms with Gasteiger partial charge in [0.1, 0.15) is 11.3 Å². The molecule has 0 fully saturated rings. The fourth-order valence-electron chi connectivity index (χ4n) is 6.46. The topological polar surface area (TPSA) is 88.5 Å². The van der Waals surface area contributed by atoms with Gasteiger partial charge in [-0.2, -0.15) is 5.26 Å². The smallest absolute Gasteiger partial charge is 0.227 e. The number of nitriles is 1. The average Bonchev–Trinajstić information content (AvgIpc) is 3.60. The van der Waals surface area contributed by atoms with E-state index >= 15 is 0 Å². The first-order valence-electron chi connectivity index (χ1n) is 16.6. The molecule has 0 atom stereocenters. The maximum Gasteiger partial charge on any atom is 0.227 e. The summed E-state index contributed by atoms with van der Waals surface area (Å²) in [6, 6.07) is 56.8. The first-order chi connectivity index (χ1) is 25.2. The molecule has 6 aromatic carbocycles. The third-order valence-electron chi connectivity index (χ3n) is 9.03. The fraction of sp³-hybridized carbons (Fsp3) is 0. The van der Waals surface area contributed by atoms with E-state index in [0.29, 0.717) is 34.4 Å². The molecule has 0 aliphatic rings. The van der Waals surface area contributed by atoms with Crippen molar-refractivity contribution in [3.8, 4) is 73.7 Å². The molecule has 6 heteroatoms. The van der Waals surface area contributed by atoms with E-state index in [2.05, 4.69) is 60.7 Å². The molecule has 0 spiro atoms. The van der Waals surface area contributed by atoms with E-state index in [4.69, 9.17) is 24.4 Å². The van der Waals surface area contributed by atoms with Crippen LogP contribution in [0.3, 0.4) is 0 Å². The van der Waals surface area contributed by atoms with Gasteiger partial charge in [0.25, 0.3) is 0 Å². The molecule has 0 bridgehead atoms. The lowest BCUT2D eigenvalue weighted by atomic mass is 9.97. The molecule has 6 nitrogen and oxygen atoms in total. The van der Waals surface area contributed by atoms with Crippen LogP contribution in [0.25, 0.3) is 89.7 Å². The molecule has 0 radical (unpaired) electrons. The van der Waals surface area contributed by atoms with E-state index in [1.54, 1.807) is 6.07 Å². The number of nitrogens with zero attached hydrogens (tertiary/aromatic N) is 5. The Hall–Kier alpha value is -7.23. The summed E-state index contributed by atoms with van der Waals surface area (Å²) in [6.07, 6.45) is 0. The molecular weight excluding hydrogens is 627 g/mol. The third-order valence-corrected chi connectivity index (χ3v) is 9.03. The van der Waals surface area contributed by atoms with Crippen molar-refractivity contribution in [3.05, 3.63) is 169 Å². The second kappa shape index (κ2) is 12.7. The molecule has 238 valence electrons. The minimum Gasteiger partial charge on any atom is -0.438 e. The van der Waals surface area contributed by atoms with Gasteiger partial charge in [0, 0.05) is 21.9 Å². The largest absolute Gasteiger partial charge is 0.438 e. The van der Waals surface area contributed by atoms with Gasteiger partial charge in [-0.15, -0.1) is 0 Å². The molecule has 0 amide bonds. The summed E-state index contributed by atoms with van der Waals surface area (Å²) < 4.78 is 6.37. The maximum absolute atomic E-state index is 9.35. The van der Waals surface area contributed by atoms with Gasteiger partial charge in [0.15, 0.2) is 17.5 Å². The van der Waals surface area contributed by atoms with Gasteiger partial charge in [0.2, 0.25) is 5.71 Å². The number of hydrogen-bond donors (Lipinski definition) is 0. The maximum atomic E-state index is 9.35. The fourth-order valence-corrected chi connectivity index (χ4v) is 6.46. The number of rotatable bonds is 6. The van der Waals surface area contributed by atoms with Gasteiger partial charge in [-0.05, 0) is 63.7 Å². The Morgan fingerprint density at radius 3 is 1.69 bits per heavy atom. The first kappa shape index (κ1) is 29.9. The van der Waals surface area contributed by atoms with Gasteiger partial charge < -0.3 is 4.42 Å². The predicted molar refractivity (Wildman–Crippen MR) is 202 cm³/mol. The highest BCUT2D eigenvalue weighted by molar-refractivity contribution is 6.11. The van der Waals surface area contributed by atoms with Crippen LogP contribution in [-0.2, 0) is 0 Å². The molecule has 9 rings (SSSR count). The summed E-state index contributed by atoms with van der Waals surface area (Å²) >= 11 is 0. The summed E-state index contributed by atoms with van der Waals surface area (Å²) in [5.41, 5.74) is 10.7. The minimum atomic E-state index is 0.448. The number of benzene rings is 6. The normalized spacial score (nSPS) is 11.1. The van der Waals surface area contributed by atoms with E-state index in [-0.39, 0.29) is 0 Å². The molecule has 0 aliphatic heterocycles. The number of aromatic nitrogens is 4. The summed E-state index contributed by atoms with van der Waals surface area (Å²) in [4.78, 5) is 19.7. The van der Waals surface area contributed by atoms with Crippen molar-refractivity contribution < 1.29 is 4.42 Å². The summed E-state index contributed by atoms with van der Waals surface area (Å²) in [7, 11) is 0. The van der Waals surface area contributed by atoms with E-state index in [1.165, 1.54) is 11.1 Å². The van der Waals surface area contributed by atoms with Gasteiger partial charge in [0.05, 0.1) is 11.6 Å². The predicted octanol–water partition coefficient (Wildman–Crippen LogP) is 11.0. The van der Waals surface area contributed by atoms with Crippen LogP contribution in [0.1, 0.15) is 5.56 Å². The second-order valence-electron chi connectivity index (χ2n) is 12.2. The van der Waals surface area contributed by atoms with E-state index in [0.717, 1.165) is 49.7 Å². The van der Waals surface area contributed by atoms with Gasteiger partial charge in [-0.25, -0.2) is 19.9 Å². The highest BCUT2D eigenvalue weighted by Crippen LogP contribution is 2.38. The Kier molecular flexibility index (Phi) is 7.42. The van der Waals surface area contributed by atoms with Crippen LogP contribution in [0.4, 0.5) is 0 Å². The lowest BCUT2D eigenvalue weighted by Gasteiger charge is -2.09. The molecule has 9 aromatic rings. The summed E-state index contributed by atoms with van der Waals surface area (Å²) in [6.45, 7) is 0. The van der Waals surface area contributed by atoms with Crippen molar-refractivity contribution in [3.63, 3.8) is 0 Å². The lowest BCUT2D eigenvalue weighted by Crippen LogP contribution is -2.01. The van der Waals surface area contributed by atoms with Crippen LogP contribution in [-0.4, -0.2) is 19.9 Å². The van der Waals surface area contributed by atoms with Gasteiger partial charge >= 0.3 is 0 Å². The number of fused-ring (bicyclic) bond motifs is 3. The summed E-state index contributed by atoms with van der Waals surface area (Å²) in [5, 5.41) is 11.3. The van der Waals surface area contributed by atoms with Crippen LogP contribution >= 0.6 is 0 Å². The summed E-state index contributed by atoms with van der Waals surface area (Å²) in [5.74, 6) is 1.53. The van der Waals surface area contributed by atoms with E-state index in [1.807, 2.05) is 103 Å². The molecule has 3 heterocycles. The van der Waals surface area contributed by atoms with Crippen molar-refractivity contribution >= 4 is 22.1 Å². The number of furan rings is 1. The number of pyridine rings is 1. The van der Waals surface area contributed by atoms with Gasteiger partial charge in [-0.3, -0.25) is 0 Å². The first-order valence-corrected chi connectivity index (χ1v) is 16.6. The Bertz CT molecular complexity index is 2730. The highest BCUT2D eigenvalue weighted by Gasteiger charge is 2.18. The monoisotopic (exact) mass is 653 g/mol. The Labute approximate surface area is 294 Å². The van der Waals surface area contributed by atoms with Crippen LogP contribution in [0.2, 0.25) is 0 Å². The second-order valence-corrected chi connectivity index (χ2v) is 12.2. The van der Waals surface area contributed by atoms with Crippen molar-refractivity contribution in [2.24, 2.45) is 0 Å². The quantitative estimate of drug-likeness (QED) is 0.177. The van der Waals surface area contributed by atoms with E-state index in [9.17, 15) is 5.26 Å². The van der Waals surface area contributed by atoms with Crippen LogP contribution in [0, 0.1) is 11.3 Å². The molecule has 3 aromatic heterocycles. The molecular formula is C45H27N5O. The molecule has 0 saturated heterocycles. The van der Waals surface area contributed by atoms with Crippen LogP contribution < -0.4 is 0 Å². The molecule has 0 unspecified atom stereocenters. The zero-order valence-electron chi connectivity index (χ0n) is 27.2. The van der Waals surface area contributed by atoms with Crippen LogP contribution in [0.15, 0.2) is 168 Å². The zero-order chi connectivity index (χ0) is 34.1. The van der Waals surface area contributed by atoms with Crippen molar-refractivity contribution in [1.82, 2.24) is 19.9 Å². The third kappa shape index (κ3) is 5.69. The number of hydrogen-bond acceptors (Lipinski definition) is 6. The Morgan fingerprint density at radius 2 is 0.980 bits per heavy atom. The molecule has 51 heavy (non-hydrogen) atoms. The Balaban J connectivity index is 1.12. The van der Waals surface area contributed by atoms with E-state index < -0.39 is 0 Å². The van der Waals surface area contributed by atoms with Crippen molar-refractivity contribution in [1.29, 1.82) is 5.26 Å². The molecule has 0 saturated carbocycles. The molecule has 0 N–H and O–H groups in total. The lowest BCUT2D eigenvalue weighted by molar-refractivity contribution is 0.654. The van der Waals surface area contributed by atoms with Crippen molar-refractivity contribution in [2.75, 3.05) is 0 Å². The zero-order valence-corrected chi connectivity index (χ0v) is 27.2. The van der Waals surface area contributed by atoms with Gasteiger partial charge in [-0.1, -0.05) is 133 Å². The van der Waals surface area contributed by atoms with Crippen LogP contribution in [0.5, 0.6) is 0 Å². The average molecular weight is 654 g/mol. The van der Waals surface area contributed by atoms with Crippen molar-refractivity contribution in [2.45, 2.75) is 0 Å². The molecule has 0 aliphatic carbocycles. The Morgan fingerprint density at radius 1 is 0.431 bits per heavy atom. The highest BCUT2D eigenvalue weighted by atomic mass is 16.3.